The third-order valence-corrected chi connectivity index (χ3v) is 5.10. The molecule has 0 spiro atoms. The van der Waals surface area contributed by atoms with Crippen molar-refractivity contribution in [1.29, 1.82) is 0 Å². The van der Waals surface area contributed by atoms with E-state index in [0.29, 0.717) is 17.9 Å². The second-order valence-corrected chi connectivity index (χ2v) is 6.94. The molecule has 6 nitrogen and oxygen atoms in total. The zero-order valence-electron chi connectivity index (χ0n) is 14.2. The summed E-state index contributed by atoms with van der Waals surface area (Å²) in [6, 6.07) is 7.29. The lowest BCUT2D eigenvalue weighted by Gasteiger charge is -2.38. The van der Waals surface area contributed by atoms with E-state index in [2.05, 4.69) is 10.4 Å². The molecule has 132 valence electrons. The van der Waals surface area contributed by atoms with Crippen molar-refractivity contribution in [3.05, 3.63) is 46.2 Å². The Morgan fingerprint density at radius 3 is 2.44 bits per heavy atom. The monoisotopic (exact) mass is 361 g/mol. The van der Waals surface area contributed by atoms with Crippen LogP contribution in [0.15, 0.2) is 24.3 Å². The molecule has 0 atom stereocenters. The maximum Gasteiger partial charge on any atom is 0.329 e. The number of amides is 1. The Morgan fingerprint density at radius 1 is 1.28 bits per heavy atom. The Morgan fingerprint density at radius 2 is 1.92 bits per heavy atom. The van der Waals surface area contributed by atoms with E-state index in [4.69, 9.17) is 11.6 Å². The number of carboxylic acid groups (broad SMARTS) is 1. The van der Waals surface area contributed by atoms with E-state index in [1.54, 1.807) is 16.8 Å². The van der Waals surface area contributed by atoms with Crippen LogP contribution in [0.25, 0.3) is 5.69 Å². The number of carboxylic acids is 1. The molecule has 1 aliphatic carbocycles. The molecule has 0 bridgehead atoms. The number of hydrogen-bond donors (Lipinski definition) is 2. The molecule has 2 N–H and O–H groups in total. The Labute approximate surface area is 150 Å². The minimum atomic E-state index is -1.09. The zero-order chi connectivity index (χ0) is 18.2. The third kappa shape index (κ3) is 3.26. The molecule has 2 aromatic rings. The lowest BCUT2D eigenvalue weighted by atomic mass is 9.76. The van der Waals surface area contributed by atoms with Crippen LogP contribution in [0.2, 0.25) is 5.02 Å². The van der Waals surface area contributed by atoms with Gasteiger partial charge in [-0.05, 0) is 57.4 Å². The fourth-order valence-corrected chi connectivity index (χ4v) is 3.28. The van der Waals surface area contributed by atoms with Gasteiger partial charge < -0.3 is 10.4 Å². The van der Waals surface area contributed by atoms with E-state index in [9.17, 15) is 14.7 Å². The number of rotatable bonds is 5. The lowest BCUT2D eigenvalue weighted by Crippen LogP contribution is -2.59. The summed E-state index contributed by atoms with van der Waals surface area (Å²) < 4.78 is 1.77. The van der Waals surface area contributed by atoms with Crippen molar-refractivity contribution in [1.82, 2.24) is 15.1 Å². The van der Waals surface area contributed by atoms with Crippen LogP contribution in [0.5, 0.6) is 0 Å². The van der Waals surface area contributed by atoms with Gasteiger partial charge in [0.1, 0.15) is 5.54 Å². The van der Waals surface area contributed by atoms with Gasteiger partial charge in [-0.3, -0.25) is 4.79 Å². The van der Waals surface area contributed by atoms with Crippen molar-refractivity contribution in [2.45, 2.75) is 45.1 Å². The first-order valence-corrected chi connectivity index (χ1v) is 8.56. The van der Waals surface area contributed by atoms with Crippen LogP contribution in [-0.4, -0.2) is 32.3 Å². The minimum absolute atomic E-state index is 0.111. The maximum absolute atomic E-state index is 12.4. The molecule has 0 radical (unpaired) electrons. The topological polar surface area (TPSA) is 84.2 Å². The predicted octanol–water partition coefficient (Wildman–Crippen LogP) is 2.81. The molecule has 0 aliphatic heterocycles. The van der Waals surface area contributed by atoms with Gasteiger partial charge in [0.15, 0.2) is 0 Å². The number of carbonyl (C=O) groups excluding carboxylic acids is 1. The number of aryl methyl sites for hydroxylation is 1. The molecule has 0 unspecified atom stereocenters. The standard InChI is InChI=1S/C18H20ClN3O3/c1-11-15(10-16(23)20-18(17(24)25)8-3-9-18)12(2)22(21-11)14-6-4-13(19)5-7-14/h4-7H,3,8-10H2,1-2H3,(H,20,23)(H,24,25). The molecule has 1 aromatic carbocycles. The predicted molar refractivity (Wildman–Crippen MR) is 94.1 cm³/mol. The summed E-state index contributed by atoms with van der Waals surface area (Å²) in [4.78, 5) is 23.8. The molecule has 7 heteroatoms. The van der Waals surface area contributed by atoms with Crippen molar-refractivity contribution >= 4 is 23.5 Å². The normalized spacial score (nSPS) is 15.5. The van der Waals surface area contributed by atoms with Gasteiger partial charge in [-0.1, -0.05) is 11.6 Å². The summed E-state index contributed by atoms with van der Waals surface area (Å²) in [5.41, 5.74) is 2.18. The molecule has 1 aliphatic rings. The highest BCUT2D eigenvalue weighted by Gasteiger charge is 2.45. The molecule has 1 fully saturated rings. The van der Waals surface area contributed by atoms with Gasteiger partial charge >= 0.3 is 5.97 Å². The van der Waals surface area contributed by atoms with E-state index in [1.807, 2.05) is 26.0 Å². The van der Waals surface area contributed by atoms with Crippen molar-refractivity contribution in [2.24, 2.45) is 0 Å². The van der Waals surface area contributed by atoms with Gasteiger partial charge in [0.2, 0.25) is 5.91 Å². The number of nitrogens with zero attached hydrogens (tertiary/aromatic N) is 2. The highest BCUT2D eigenvalue weighted by molar-refractivity contribution is 6.30. The number of nitrogens with one attached hydrogen (secondary N) is 1. The number of halogens is 1. The Kier molecular flexibility index (Phi) is 4.56. The second-order valence-electron chi connectivity index (χ2n) is 6.50. The summed E-state index contributed by atoms with van der Waals surface area (Å²) in [6.45, 7) is 3.74. The maximum atomic E-state index is 12.4. The lowest BCUT2D eigenvalue weighted by molar-refractivity contribution is -0.151. The van der Waals surface area contributed by atoms with Crippen LogP contribution in [0.4, 0.5) is 0 Å². The van der Waals surface area contributed by atoms with Crippen LogP contribution in [0.3, 0.4) is 0 Å². The molecule has 1 amide bonds. The summed E-state index contributed by atoms with van der Waals surface area (Å²) >= 11 is 5.92. The highest BCUT2D eigenvalue weighted by atomic mass is 35.5. The average Bonchev–Trinajstić information content (AvgIpc) is 2.79. The van der Waals surface area contributed by atoms with Crippen molar-refractivity contribution in [2.75, 3.05) is 0 Å². The van der Waals surface area contributed by atoms with E-state index >= 15 is 0 Å². The quantitative estimate of drug-likeness (QED) is 0.857. The minimum Gasteiger partial charge on any atom is -0.480 e. The van der Waals surface area contributed by atoms with E-state index in [-0.39, 0.29) is 12.3 Å². The van der Waals surface area contributed by atoms with E-state index in [0.717, 1.165) is 29.1 Å². The third-order valence-electron chi connectivity index (χ3n) is 4.84. The fourth-order valence-electron chi connectivity index (χ4n) is 3.16. The number of hydrogen-bond acceptors (Lipinski definition) is 3. The van der Waals surface area contributed by atoms with Crippen LogP contribution in [0, 0.1) is 13.8 Å². The highest BCUT2D eigenvalue weighted by Crippen LogP contribution is 2.32. The summed E-state index contributed by atoms with van der Waals surface area (Å²) in [6.07, 6.45) is 1.89. The fraction of sp³-hybridized carbons (Fsp3) is 0.389. The van der Waals surface area contributed by atoms with Crippen LogP contribution in [0.1, 0.15) is 36.2 Å². The Bertz CT molecular complexity index is 823. The van der Waals surface area contributed by atoms with Crippen LogP contribution < -0.4 is 5.32 Å². The van der Waals surface area contributed by atoms with Gasteiger partial charge in [0, 0.05) is 16.3 Å². The van der Waals surface area contributed by atoms with Crippen molar-refractivity contribution in [3.63, 3.8) is 0 Å². The molecular formula is C18H20ClN3O3. The number of aliphatic carboxylic acids is 1. The Hall–Kier alpha value is -2.34. The summed E-state index contributed by atoms with van der Waals surface area (Å²) in [7, 11) is 0. The smallest absolute Gasteiger partial charge is 0.329 e. The summed E-state index contributed by atoms with van der Waals surface area (Å²) in [5, 5.41) is 17.2. The molecular weight excluding hydrogens is 342 g/mol. The van der Waals surface area contributed by atoms with E-state index < -0.39 is 11.5 Å². The number of aromatic nitrogens is 2. The number of benzene rings is 1. The van der Waals surface area contributed by atoms with Gasteiger partial charge in [-0.2, -0.15) is 5.10 Å². The Balaban J connectivity index is 1.80. The van der Waals surface area contributed by atoms with Crippen molar-refractivity contribution < 1.29 is 14.7 Å². The average molecular weight is 362 g/mol. The number of carbonyl (C=O) groups is 2. The van der Waals surface area contributed by atoms with Crippen LogP contribution >= 0.6 is 11.6 Å². The summed E-state index contributed by atoms with van der Waals surface area (Å²) in [5.74, 6) is -1.25. The van der Waals surface area contributed by atoms with Crippen molar-refractivity contribution in [3.8, 4) is 5.69 Å². The van der Waals surface area contributed by atoms with Gasteiger partial charge in [0.05, 0.1) is 17.8 Å². The first kappa shape index (κ1) is 17.5. The second kappa shape index (κ2) is 6.52. The molecule has 25 heavy (non-hydrogen) atoms. The first-order valence-electron chi connectivity index (χ1n) is 8.18. The zero-order valence-corrected chi connectivity index (χ0v) is 14.9. The van der Waals surface area contributed by atoms with Crippen LogP contribution in [-0.2, 0) is 16.0 Å². The molecule has 0 saturated heterocycles. The van der Waals surface area contributed by atoms with Gasteiger partial charge in [-0.25, -0.2) is 9.48 Å². The van der Waals surface area contributed by atoms with Gasteiger partial charge in [0.25, 0.3) is 0 Å². The SMILES string of the molecule is Cc1nn(-c2ccc(Cl)cc2)c(C)c1CC(=O)NC1(C(=O)O)CCC1. The van der Waals surface area contributed by atoms with E-state index in [1.165, 1.54) is 0 Å². The molecule has 3 rings (SSSR count). The molecule has 1 heterocycles. The molecule has 1 aromatic heterocycles. The largest absolute Gasteiger partial charge is 0.480 e. The first-order chi connectivity index (χ1) is 11.8. The van der Waals surface area contributed by atoms with Gasteiger partial charge in [-0.15, -0.1) is 0 Å². The molecule has 1 saturated carbocycles.